The lowest BCUT2D eigenvalue weighted by Crippen LogP contribution is -2.19. The lowest BCUT2D eigenvalue weighted by atomic mass is 9.97. The average Bonchev–Trinajstić information content (AvgIpc) is 3.25. The fourth-order valence-corrected chi connectivity index (χ4v) is 3.92. The van der Waals surface area contributed by atoms with Gasteiger partial charge in [-0.1, -0.05) is 6.07 Å². The molecule has 0 bridgehead atoms. The molecule has 0 amide bonds. The van der Waals surface area contributed by atoms with E-state index in [2.05, 4.69) is 40.4 Å². The van der Waals surface area contributed by atoms with E-state index < -0.39 is 23.1 Å². The van der Waals surface area contributed by atoms with Gasteiger partial charge >= 0.3 is 0 Å². The molecule has 0 unspecified atom stereocenters. The maximum Gasteiger partial charge on any atom is 0.230 e. The van der Waals surface area contributed by atoms with E-state index in [1.54, 1.807) is 45.9 Å². The zero-order chi connectivity index (χ0) is 26.5. The molecule has 37 heavy (non-hydrogen) atoms. The van der Waals surface area contributed by atoms with Crippen LogP contribution in [-0.2, 0) is 5.60 Å². The Bertz CT molecular complexity index is 1660. The number of fused-ring (bicyclic) bond motifs is 1. The normalized spacial score (nSPS) is 11.8. The molecular formula is C25H21F3N8O. The van der Waals surface area contributed by atoms with Crippen molar-refractivity contribution in [1.82, 2.24) is 35.1 Å². The molecule has 1 aromatic carbocycles. The second-order valence-electron chi connectivity index (χ2n) is 8.98. The Morgan fingerprint density at radius 2 is 1.78 bits per heavy atom. The van der Waals surface area contributed by atoms with Crippen molar-refractivity contribution >= 4 is 22.8 Å². The minimum Gasteiger partial charge on any atom is -0.382 e. The van der Waals surface area contributed by atoms with Gasteiger partial charge in [0.05, 0.1) is 23.0 Å². The number of benzene rings is 1. The van der Waals surface area contributed by atoms with Crippen LogP contribution in [-0.4, -0.2) is 40.2 Å². The molecule has 0 spiro atoms. The summed E-state index contributed by atoms with van der Waals surface area (Å²) in [5.41, 5.74) is 1.07. The first-order valence-electron chi connectivity index (χ1n) is 11.2. The molecule has 0 saturated heterocycles. The minimum atomic E-state index is -1.30. The van der Waals surface area contributed by atoms with Crippen molar-refractivity contribution < 1.29 is 18.3 Å². The molecule has 12 heteroatoms. The largest absolute Gasteiger partial charge is 0.382 e. The van der Waals surface area contributed by atoms with Crippen LogP contribution in [0.3, 0.4) is 0 Å². The number of rotatable bonds is 5. The van der Waals surface area contributed by atoms with E-state index in [0.29, 0.717) is 34.1 Å². The van der Waals surface area contributed by atoms with Crippen LogP contribution in [0.4, 0.5) is 24.9 Å². The summed E-state index contributed by atoms with van der Waals surface area (Å²) in [7, 11) is 0. The fraction of sp³-hybridized carbons (Fsp3) is 0.200. The molecule has 0 atom stereocenters. The van der Waals surface area contributed by atoms with Crippen LogP contribution in [0.5, 0.6) is 0 Å². The first kappa shape index (κ1) is 24.3. The number of halogens is 3. The quantitative estimate of drug-likeness (QED) is 0.308. The Hall–Kier alpha value is -4.45. The smallest absolute Gasteiger partial charge is 0.230 e. The summed E-state index contributed by atoms with van der Waals surface area (Å²) in [6.07, 6.45) is 2.33. The summed E-state index contributed by atoms with van der Waals surface area (Å²) in [6.45, 7) is 6.52. The summed E-state index contributed by atoms with van der Waals surface area (Å²) in [4.78, 5) is 20.8. The van der Waals surface area contributed by atoms with Gasteiger partial charge in [0, 0.05) is 23.4 Å². The van der Waals surface area contributed by atoms with E-state index in [0.717, 1.165) is 6.20 Å². The lowest BCUT2D eigenvalue weighted by molar-refractivity contribution is 0.0688. The van der Waals surface area contributed by atoms with Crippen molar-refractivity contribution in [2.45, 2.75) is 33.3 Å². The number of pyridine rings is 1. The van der Waals surface area contributed by atoms with E-state index in [9.17, 15) is 13.9 Å². The molecule has 3 N–H and O–H groups in total. The number of hydrogen-bond acceptors (Lipinski definition) is 8. The Balaban J connectivity index is 1.60. The zero-order valence-electron chi connectivity index (χ0n) is 20.2. The number of aliphatic hydroxyl groups is 1. The molecule has 5 rings (SSSR count). The summed E-state index contributed by atoms with van der Waals surface area (Å²) in [5.74, 6) is -2.36. The summed E-state index contributed by atoms with van der Waals surface area (Å²) in [6, 6.07) is 5.60. The maximum atomic E-state index is 16.0. The molecule has 5 aromatic rings. The van der Waals surface area contributed by atoms with Gasteiger partial charge in [-0.25, -0.2) is 33.1 Å². The molecule has 4 aromatic heterocycles. The number of aryl methyl sites for hydroxylation is 2. The van der Waals surface area contributed by atoms with Crippen molar-refractivity contribution in [3.63, 3.8) is 0 Å². The molecule has 0 radical (unpaired) electrons. The summed E-state index contributed by atoms with van der Waals surface area (Å²) in [5, 5.41) is 20.5. The average molecular weight is 506 g/mol. The molecule has 0 saturated carbocycles. The molecule has 0 aliphatic heterocycles. The van der Waals surface area contributed by atoms with Crippen LogP contribution in [0.1, 0.15) is 30.9 Å². The van der Waals surface area contributed by atoms with E-state index >= 15 is 4.39 Å². The topological polar surface area (TPSA) is 125 Å². The predicted molar refractivity (Wildman–Crippen MR) is 130 cm³/mol. The Morgan fingerprint density at radius 1 is 1.00 bits per heavy atom. The van der Waals surface area contributed by atoms with Crippen LogP contribution < -0.4 is 5.32 Å². The molecule has 0 aliphatic rings. The Kier molecular flexibility index (Phi) is 5.83. The fourth-order valence-electron chi connectivity index (χ4n) is 3.92. The third-order valence-corrected chi connectivity index (χ3v) is 5.70. The highest BCUT2D eigenvalue weighted by Crippen LogP contribution is 2.36. The second kappa shape index (κ2) is 8.89. The van der Waals surface area contributed by atoms with Gasteiger partial charge in [0.2, 0.25) is 5.95 Å². The maximum absolute atomic E-state index is 16.0. The molecule has 0 aliphatic carbocycles. The van der Waals surface area contributed by atoms with Crippen molar-refractivity contribution in [1.29, 1.82) is 0 Å². The summed E-state index contributed by atoms with van der Waals surface area (Å²) < 4.78 is 43.2. The number of aromatic amines is 1. The highest BCUT2D eigenvalue weighted by Gasteiger charge is 2.24. The van der Waals surface area contributed by atoms with Crippen LogP contribution in [0.2, 0.25) is 0 Å². The zero-order valence-corrected chi connectivity index (χ0v) is 20.2. The Morgan fingerprint density at radius 3 is 2.51 bits per heavy atom. The van der Waals surface area contributed by atoms with Gasteiger partial charge in [-0.15, -0.1) is 0 Å². The first-order chi connectivity index (χ1) is 17.5. The molecule has 188 valence electrons. The predicted octanol–water partition coefficient (Wildman–Crippen LogP) is 4.88. The van der Waals surface area contributed by atoms with Crippen molar-refractivity contribution in [3.05, 3.63) is 71.2 Å². The number of nitrogens with one attached hydrogen (secondary N) is 2. The number of nitrogens with zero attached hydrogens (tertiary/aromatic N) is 6. The number of anilines is 2. The first-order valence-corrected chi connectivity index (χ1v) is 11.2. The van der Waals surface area contributed by atoms with Crippen molar-refractivity contribution in [2.24, 2.45) is 0 Å². The SMILES string of the molecule is Cc1ccc(-c2ccnc(C(C)(C)O)n2)c(F)c1-c1n[nH]c2nc(Nc3ncc(F)cc3F)nc(C)c12. The van der Waals surface area contributed by atoms with Crippen LogP contribution in [0.25, 0.3) is 33.5 Å². The van der Waals surface area contributed by atoms with Gasteiger partial charge in [-0.05, 0) is 45.4 Å². The molecule has 0 fully saturated rings. The molecule has 9 nitrogen and oxygen atoms in total. The minimum absolute atomic E-state index is 0.00397. The Labute approximate surface area is 208 Å². The van der Waals surface area contributed by atoms with Crippen molar-refractivity contribution in [2.75, 3.05) is 5.32 Å². The van der Waals surface area contributed by atoms with E-state index in [4.69, 9.17) is 0 Å². The third-order valence-electron chi connectivity index (χ3n) is 5.70. The highest BCUT2D eigenvalue weighted by atomic mass is 19.1. The third kappa shape index (κ3) is 4.47. The van der Waals surface area contributed by atoms with Crippen LogP contribution in [0.15, 0.2) is 36.7 Å². The summed E-state index contributed by atoms with van der Waals surface area (Å²) >= 11 is 0. The lowest BCUT2D eigenvalue weighted by Gasteiger charge is -2.16. The number of H-pyrrole nitrogens is 1. The van der Waals surface area contributed by atoms with Gasteiger partial charge < -0.3 is 10.4 Å². The van der Waals surface area contributed by atoms with Crippen LogP contribution >= 0.6 is 0 Å². The van der Waals surface area contributed by atoms with E-state index in [1.807, 2.05) is 0 Å². The van der Waals surface area contributed by atoms with Gasteiger partial charge in [0.25, 0.3) is 0 Å². The molecular weight excluding hydrogens is 485 g/mol. The van der Waals surface area contributed by atoms with Gasteiger partial charge in [-0.2, -0.15) is 10.1 Å². The number of hydrogen-bond donors (Lipinski definition) is 3. The standard InChI is InChI=1S/C25H21F3N8O/c1-11-5-6-14(16-7-8-29-23(32-16)25(3,4)37)19(28)17(11)20-18-12(2)31-24(34-22(18)36-35-20)33-21-15(27)9-13(26)10-30-21/h5-10,37H,1-4H3,(H2,30,31,33,34,35,36). The number of aromatic nitrogens is 7. The van der Waals surface area contributed by atoms with E-state index in [1.165, 1.54) is 6.20 Å². The monoisotopic (exact) mass is 506 g/mol. The molecule has 4 heterocycles. The van der Waals surface area contributed by atoms with E-state index in [-0.39, 0.29) is 34.4 Å². The van der Waals surface area contributed by atoms with Crippen molar-refractivity contribution in [3.8, 4) is 22.5 Å². The van der Waals surface area contributed by atoms with Gasteiger partial charge in [0.15, 0.2) is 23.1 Å². The highest BCUT2D eigenvalue weighted by molar-refractivity contribution is 5.95. The second-order valence-corrected chi connectivity index (χ2v) is 8.98. The van der Waals surface area contributed by atoms with Gasteiger partial charge in [-0.3, -0.25) is 5.10 Å². The van der Waals surface area contributed by atoms with Crippen LogP contribution in [0, 0.1) is 31.3 Å². The van der Waals surface area contributed by atoms with Gasteiger partial charge in [0.1, 0.15) is 22.9 Å².